The van der Waals surface area contributed by atoms with Gasteiger partial charge in [0.15, 0.2) is 0 Å². The maximum atomic E-state index is 11.3. The van der Waals surface area contributed by atoms with Crippen molar-refractivity contribution in [1.82, 2.24) is 10.9 Å². The average molecular weight is 274 g/mol. The summed E-state index contributed by atoms with van der Waals surface area (Å²) in [5.74, 6) is -1.02. The van der Waals surface area contributed by atoms with Crippen molar-refractivity contribution < 1.29 is 18.4 Å². The second-order valence-electron chi connectivity index (χ2n) is 3.43. The van der Waals surface area contributed by atoms with Crippen LogP contribution in [0.1, 0.15) is 11.5 Å². The van der Waals surface area contributed by atoms with Gasteiger partial charge in [0.05, 0.1) is 25.0 Å². The van der Waals surface area contributed by atoms with E-state index in [9.17, 15) is 9.59 Å². The van der Waals surface area contributed by atoms with Gasteiger partial charge in [-0.3, -0.25) is 9.59 Å². The molecular formula is C12H10N4O4. The largest absolute Gasteiger partial charge is 0.463 e. The van der Waals surface area contributed by atoms with Gasteiger partial charge in [0.2, 0.25) is 0 Å². The van der Waals surface area contributed by atoms with Crippen LogP contribution in [0.4, 0.5) is 0 Å². The Labute approximate surface area is 113 Å². The van der Waals surface area contributed by atoms with Crippen molar-refractivity contribution in [3.63, 3.8) is 0 Å². The number of hydrogen-bond acceptors (Lipinski definition) is 6. The molecule has 0 aromatic carbocycles. The van der Waals surface area contributed by atoms with Gasteiger partial charge in [-0.25, -0.2) is 10.9 Å². The predicted molar refractivity (Wildman–Crippen MR) is 68.9 cm³/mol. The first-order valence-corrected chi connectivity index (χ1v) is 5.49. The molecule has 20 heavy (non-hydrogen) atoms. The molecule has 0 atom stereocenters. The molecule has 0 spiro atoms. The third kappa shape index (κ3) is 3.95. The van der Waals surface area contributed by atoms with Crippen LogP contribution in [0.15, 0.2) is 55.8 Å². The summed E-state index contributed by atoms with van der Waals surface area (Å²) < 4.78 is 9.89. The van der Waals surface area contributed by atoms with Gasteiger partial charge in [0.1, 0.15) is 11.5 Å². The van der Waals surface area contributed by atoms with Crippen LogP contribution in [0.5, 0.6) is 0 Å². The van der Waals surface area contributed by atoms with Gasteiger partial charge in [-0.2, -0.15) is 10.2 Å². The molecule has 0 saturated heterocycles. The molecule has 0 unspecified atom stereocenters. The average Bonchev–Trinajstić information content (AvgIpc) is 3.11. The highest BCUT2D eigenvalue weighted by Gasteiger charge is 2.11. The first-order chi connectivity index (χ1) is 9.75. The minimum Gasteiger partial charge on any atom is -0.463 e. The maximum Gasteiger partial charge on any atom is 0.331 e. The van der Waals surface area contributed by atoms with Crippen molar-refractivity contribution in [3.8, 4) is 0 Å². The zero-order valence-corrected chi connectivity index (χ0v) is 10.1. The van der Waals surface area contributed by atoms with Crippen LogP contribution in [0, 0.1) is 0 Å². The van der Waals surface area contributed by atoms with Crippen LogP contribution < -0.4 is 10.9 Å². The van der Waals surface area contributed by atoms with Crippen LogP contribution in [-0.4, -0.2) is 24.2 Å². The number of furan rings is 2. The highest BCUT2D eigenvalue weighted by atomic mass is 16.3. The van der Waals surface area contributed by atoms with Gasteiger partial charge >= 0.3 is 11.8 Å². The molecule has 2 aromatic heterocycles. The van der Waals surface area contributed by atoms with E-state index in [0.29, 0.717) is 11.5 Å². The fourth-order valence-corrected chi connectivity index (χ4v) is 1.14. The van der Waals surface area contributed by atoms with E-state index in [1.54, 1.807) is 24.3 Å². The number of rotatable bonds is 4. The van der Waals surface area contributed by atoms with Gasteiger partial charge in [0, 0.05) is 0 Å². The lowest BCUT2D eigenvalue weighted by Crippen LogP contribution is -2.35. The summed E-state index contributed by atoms with van der Waals surface area (Å²) in [4.78, 5) is 22.6. The Bertz CT molecular complexity index is 558. The monoisotopic (exact) mass is 274 g/mol. The Morgan fingerprint density at radius 1 is 0.900 bits per heavy atom. The number of carbonyl (C=O) groups excluding carboxylic acids is 2. The smallest absolute Gasteiger partial charge is 0.331 e. The lowest BCUT2D eigenvalue weighted by molar-refractivity contribution is -0.139. The summed E-state index contributed by atoms with van der Waals surface area (Å²) >= 11 is 0. The molecule has 2 rings (SSSR count). The summed E-state index contributed by atoms with van der Waals surface area (Å²) in [7, 11) is 0. The minimum absolute atomic E-state index is 0.446. The summed E-state index contributed by atoms with van der Waals surface area (Å²) in [5, 5.41) is 7.09. The molecule has 2 heterocycles. The molecular weight excluding hydrogens is 264 g/mol. The predicted octanol–water partition coefficient (Wildman–Crippen LogP) is 0.473. The molecule has 0 aliphatic carbocycles. The molecule has 8 heteroatoms. The summed E-state index contributed by atoms with van der Waals surface area (Å²) in [5.41, 5.74) is 4.05. The Morgan fingerprint density at radius 2 is 1.35 bits per heavy atom. The minimum atomic E-state index is -0.954. The highest BCUT2D eigenvalue weighted by Crippen LogP contribution is 1.95. The number of carbonyl (C=O) groups is 2. The lowest BCUT2D eigenvalue weighted by atomic mass is 10.5. The number of nitrogens with one attached hydrogen (secondary N) is 2. The third-order valence-corrected chi connectivity index (χ3v) is 2.01. The normalized spacial score (nSPS) is 11.0. The summed E-state index contributed by atoms with van der Waals surface area (Å²) in [6, 6.07) is 6.62. The fourth-order valence-electron chi connectivity index (χ4n) is 1.14. The second-order valence-corrected chi connectivity index (χ2v) is 3.43. The van der Waals surface area contributed by atoms with Crippen molar-refractivity contribution in [2.75, 3.05) is 0 Å². The van der Waals surface area contributed by atoms with E-state index in [0.717, 1.165) is 0 Å². The molecule has 102 valence electrons. The molecule has 2 N–H and O–H groups in total. The van der Waals surface area contributed by atoms with Crippen LogP contribution in [0.3, 0.4) is 0 Å². The summed E-state index contributed by atoms with van der Waals surface area (Å²) in [6.45, 7) is 0. The van der Waals surface area contributed by atoms with Gasteiger partial charge in [-0.05, 0) is 24.3 Å². The van der Waals surface area contributed by atoms with Crippen LogP contribution in [0.25, 0.3) is 0 Å². The van der Waals surface area contributed by atoms with Gasteiger partial charge in [-0.15, -0.1) is 0 Å². The lowest BCUT2D eigenvalue weighted by Gasteiger charge is -1.96. The number of hydrogen-bond donors (Lipinski definition) is 2. The zero-order valence-electron chi connectivity index (χ0n) is 10.1. The van der Waals surface area contributed by atoms with E-state index >= 15 is 0 Å². The number of nitrogens with zero attached hydrogens (tertiary/aromatic N) is 2. The van der Waals surface area contributed by atoms with Crippen molar-refractivity contribution in [2.24, 2.45) is 10.2 Å². The Morgan fingerprint density at radius 3 is 1.70 bits per heavy atom. The van der Waals surface area contributed by atoms with E-state index in [1.807, 2.05) is 10.9 Å². The molecule has 2 amide bonds. The Kier molecular flexibility index (Phi) is 4.44. The van der Waals surface area contributed by atoms with Crippen LogP contribution >= 0.6 is 0 Å². The second kappa shape index (κ2) is 6.69. The van der Waals surface area contributed by atoms with E-state index < -0.39 is 11.8 Å². The van der Waals surface area contributed by atoms with Crippen LogP contribution in [-0.2, 0) is 9.59 Å². The number of hydrazone groups is 2. The topological polar surface area (TPSA) is 109 Å². The van der Waals surface area contributed by atoms with E-state index in [1.165, 1.54) is 25.0 Å². The van der Waals surface area contributed by atoms with E-state index in [2.05, 4.69) is 10.2 Å². The Hall–Kier alpha value is -3.16. The van der Waals surface area contributed by atoms with Gasteiger partial charge in [-0.1, -0.05) is 0 Å². The molecule has 0 aliphatic heterocycles. The molecule has 2 aromatic rings. The first kappa shape index (κ1) is 13.3. The first-order valence-electron chi connectivity index (χ1n) is 5.49. The van der Waals surface area contributed by atoms with E-state index in [-0.39, 0.29) is 0 Å². The van der Waals surface area contributed by atoms with Crippen molar-refractivity contribution >= 4 is 24.2 Å². The quantitative estimate of drug-likeness (QED) is 0.480. The molecule has 0 bridgehead atoms. The van der Waals surface area contributed by atoms with Gasteiger partial charge in [0.25, 0.3) is 0 Å². The molecule has 0 fully saturated rings. The molecule has 0 saturated carbocycles. The third-order valence-electron chi connectivity index (χ3n) is 2.01. The Balaban J connectivity index is 1.76. The molecule has 8 nitrogen and oxygen atoms in total. The fraction of sp³-hybridized carbons (Fsp3) is 0. The van der Waals surface area contributed by atoms with Gasteiger partial charge < -0.3 is 8.83 Å². The zero-order chi connectivity index (χ0) is 14.2. The molecule has 0 aliphatic rings. The SMILES string of the molecule is O=C(N/N=C\c1ccco1)C(=O)N/N=C\c1ccco1. The molecule has 0 radical (unpaired) electrons. The van der Waals surface area contributed by atoms with Crippen molar-refractivity contribution in [2.45, 2.75) is 0 Å². The highest BCUT2D eigenvalue weighted by molar-refractivity contribution is 6.35. The van der Waals surface area contributed by atoms with Crippen molar-refractivity contribution in [3.05, 3.63) is 48.3 Å². The van der Waals surface area contributed by atoms with E-state index in [4.69, 9.17) is 8.83 Å². The summed E-state index contributed by atoms with van der Waals surface area (Å²) in [6.07, 6.45) is 5.44. The maximum absolute atomic E-state index is 11.3. The number of amides is 2. The van der Waals surface area contributed by atoms with Crippen LogP contribution in [0.2, 0.25) is 0 Å². The van der Waals surface area contributed by atoms with Crippen molar-refractivity contribution in [1.29, 1.82) is 0 Å². The standard InChI is InChI=1S/C12H10N4O4/c17-11(15-13-7-9-3-1-5-19-9)12(18)16-14-8-10-4-2-6-20-10/h1-8H,(H,15,17)(H,16,18)/b13-7-,14-8-.